The largest absolute Gasteiger partial charge is 0.416 e. The third kappa shape index (κ3) is 3.71. The summed E-state index contributed by atoms with van der Waals surface area (Å²) in [6.07, 6.45) is -4.29. The van der Waals surface area contributed by atoms with E-state index >= 15 is 0 Å². The first kappa shape index (κ1) is 15.7. The highest BCUT2D eigenvalue weighted by Crippen LogP contribution is 2.33. The smallest absolute Gasteiger partial charge is 0.294 e. The monoisotopic (exact) mass is 426 g/mol. The van der Waals surface area contributed by atoms with Crippen LogP contribution in [0.25, 0.3) is 0 Å². The van der Waals surface area contributed by atoms with Crippen LogP contribution in [-0.4, -0.2) is 5.78 Å². The van der Waals surface area contributed by atoms with E-state index in [1.54, 1.807) is 6.07 Å². The number of Topliss-reactive ketones (excluding diaryl/α,β-unsaturated/α-hetero) is 1. The van der Waals surface area contributed by atoms with Crippen LogP contribution in [0.1, 0.15) is 21.5 Å². The van der Waals surface area contributed by atoms with Crippen LogP contribution >= 0.6 is 43.2 Å². The Bertz CT molecular complexity index is 632. The zero-order valence-corrected chi connectivity index (χ0v) is 13.8. The third-order valence-corrected chi connectivity index (χ3v) is 4.94. The summed E-state index contributed by atoms with van der Waals surface area (Å²) in [5, 5.41) is 0. The van der Waals surface area contributed by atoms with Crippen molar-refractivity contribution in [3.63, 3.8) is 0 Å². The number of carbonyl (C=O) groups excluding carboxylic acids is 1. The number of hydrogen-bond acceptors (Lipinski definition) is 2. The average molecular weight is 428 g/mol. The van der Waals surface area contributed by atoms with Gasteiger partial charge in [-0.1, -0.05) is 12.1 Å². The molecule has 2 aromatic rings. The van der Waals surface area contributed by atoms with Crippen LogP contribution in [0.3, 0.4) is 0 Å². The van der Waals surface area contributed by atoms with E-state index in [-0.39, 0.29) is 12.2 Å². The van der Waals surface area contributed by atoms with E-state index in [1.807, 2.05) is 0 Å². The molecule has 0 atom stereocenters. The lowest BCUT2D eigenvalue weighted by Crippen LogP contribution is -2.06. The minimum atomic E-state index is -4.36. The van der Waals surface area contributed by atoms with Crippen molar-refractivity contribution in [1.29, 1.82) is 0 Å². The number of thiophene rings is 1. The molecule has 106 valence electrons. The highest BCUT2D eigenvalue weighted by molar-refractivity contribution is 9.12. The van der Waals surface area contributed by atoms with E-state index < -0.39 is 11.7 Å². The molecule has 0 bridgehead atoms. The molecule has 1 aromatic heterocycles. The van der Waals surface area contributed by atoms with Gasteiger partial charge >= 0.3 is 6.18 Å². The van der Waals surface area contributed by atoms with E-state index in [0.29, 0.717) is 14.9 Å². The van der Waals surface area contributed by atoms with Gasteiger partial charge in [0.05, 0.1) is 13.1 Å². The molecule has 1 aromatic carbocycles. The lowest BCUT2D eigenvalue weighted by atomic mass is 10.0. The first-order valence-electron chi connectivity index (χ1n) is 5.41. The summed E-state index contributed by atoms with van der Waals surface area (Å²) in [5.41, 5.74) is 0.368. The maximum atomic E-state index is 12.4. The zero-order valence-electron chi connectivity index (χ0n) is 9.80. The standard InChI is InChI=1S/C13H7Br2F3OS/c14-11-6-9(12(15)20-11)10(19)5-7-1-3-8(4-2-7)13(16,17)18/h1-4,6H,5H2. The molecule has 7 heteroatoms. The molecular formula is C13H7Br2F3OS. The number of benzene rings is 1. The molecule has 0 spiro atoms. The molecule has 0 saturated heterocycles. The molecule has 2 rings (SSSR count). The van der Waals surface area contributed by atoms with E-state index in [1.165, 1.54) is 23.5 Å². The number of halogens is 5. The summed E-state index contributed by atoms with van der Waals surface area (Å²) in [6.45, 7) is 0. The van der Waals surface area contributed by atoms with Crippen molar-refractivity contribution in [3.05, 3.63) is 54.6 Å². The van der Waals surface area contributed by atoms with Gasteiger partial charge in [-0.15, -0.1) is 11.3 Å². The Labute approximate surface area is 134 Å². The maximum absolute atomic E-state index is 12.4. The maximum Gasteiger partial charge on any atom is 0.416 e. The predicted molar refractivity (Wildman–Crippen MR) is 79.2 cm³/mol. The predicted octanol–water partition coefficient (Wildman–Crippen LogP) is 5.72. The third-order valence-electron chi connectivity index (χ3n) is 2.60. The second kappa shape index (κ2) is 5.99. The Kier molecular flexibility index (Phi) is 4.71. The quantitative estimate of drug-likeness (QED) is 0.572. The zero-order chi connectivity index (χ0) is 14.9. The van der Waals surface area contributed by atoms with Gasteiger partial charge in [-0.25, -0.2) is 0 Å². The van der Waals surface area contributed by atoms with Crippen molar-refractivity contribution in [2.45, 2.75) is 12.6 Å². The van der Waals surface area contributed by atoms with Crippen LogP contribution in [0.15, 0.2) is 37.9 Å². The summed E-state index contributed by atoms with van der Waals surface area (Å²) in [4.78, 5) is 12.1. The molecule has 20 heavy (non-hydrogen) atoms. The molecule has 1 heterocycles. The summed E-state index contributed by atoms with van der Waals surface area (Å²) in [6, 6.07) is 6.33. The number of ketones is 1. The first-order chi connectivity index (χ1) is 9.27. The number of carbonyl (C=O) groups is 1. The van der Waals surface area contributed by atoms with Crippen molar-refractivity contribution in [1.82, 2.24) is 0 Å². The fourth-order valence-electron chi connectivity index (χ4n) is 1.62. The minimum Gasteiger partial charge on any atom is -0.294 e. The summed E-state index contributed by atoms with van der Waals surface area (Å²) < 4.78 is 38.8. The van der Waals surface area contributed by atoms with Gasteiger partial charge in [0.2, 0.25) is 0 Å². The van der Waals surface area contributed by atoms with E-state index in [4.69, 9.17) is 0 Å². The van der Waals surface area contributed by atoms with Gasteiger partial charge in [-0.3, -0.25) is 4.79 Å². The van der Waals surface area contributed by atoms with Gasteiger partial charge in [0.25, 0.3) is 0 Å². The highest BCUT2D eigenvalue weighted by atomic mass is 79.9. The second-order valence-corrected chi connectivity index (χ2v) is 7.78. The molecule has 0 unspecified atom stereocenters. The van der Waals surface area contributed by atoms with Gasteiger partial charge in [0.15, 0.2) is 5.78 Å². The van der Waals surface area contributed by atoms with E-state index in [0.717, 1.165) is 15.9 Å². The number of hydrogen-bond donors (Lipinski definition) is 0. The Hall–Kier alpha value is -0.660. The molecule has 0 aliphatic heterocycles. The molecule has 0 aliphatic rings. The topological polar surface area (TPSA) is 17.1 Å². The second-order valence-electron chi connectivity index (χ2n) is 4.03. The van der Waals surface area contributed by atoms with Crippen molar-refractivity contribution < 1.29 is 18.0 Å². The van der Waals surface area contributed by atoms with E-state index in [9.17, 15) is 18.0 Å². The van der Waals surface area contributed by atoms with Gasteiger partial charge in [0, 0.05) is 12.0 Å². The van der Waals surface area contributed by atoms with Crippen LogP contribution in [0.4, 0.5) is 13.2 Å². The van der Waals surface area contributed by atoms with Gasteiger partial charge in [-0.05, 0) is 55.6 Å². The normalized spacial score (nSPS) is 11.7. The van der Waals surface area contributed by atoms with Gasteiger partial charge in [-0.2, -0.15) is 13.2 Å². The Morgan fingerprint density at radius 1 is 1.15 bits per heavy atom. The van der Waals surface area contributed by atoms with Crippen LogP contribution < -0.4 is 0 Å². The van der Waals surface area contributed by atoms with Crippen molar-refractivity contribution in [3.8, 4) is 0 Å². The molecule has 1 nitrogen and oxygen atoms in total. The van der Waals surface area contributed by atoms with Crippen LogP contribution in [0.2, 0.25) is 0 Å². The molecule has 0 N–H and O–H groups in total. The van der Waals surface area contributed by atoms with Gasteiger partial charge < -0.3 is 0 Å². The van der Waals surface area contributed by atoms with Crippen molar-refractivity contribution in [2.75, 3.05) is 0 Å². The molecule has 0 amide bonds. The first-order valence-corrected chi connectivity index (χ1v) is 7.82. The molecule has 0 aliphatic carbocycles. The number of alkyl halides is 3. The van der Waals surface area contributed by atoms with Crippen LogP contribution in [0, 0.1) is 0 Å². The molecule has 0 radical (unpaired) electrons. The molecular weight excluding hydrogens is 421 g/mol. The fraction of sp³-hybridized carbons (Fsp3) is 0.154. The lowest BCUT2D eigenvalue weighted by molar-refractivity contribution is -0.137. The number of rotatable bonds is 3. The van der Waals surface area contributed by atoms with Crippen LogP contribution in [-0.2, 0) is 12.6 Å². The minimum absolute atomic E-state index is 0.0694. The SMILES string of the molecule is O=C(Cc1ccc(C(F)(F)F)cc1)c1cc(Br)sc1Br. The van der Waals surface area contributed by atoms with Gasteiger partial charge in [0.1, 0.15) is 0 Å². The Balaban J connectivity index is 2.14. The average Bonchev–Trinajstić information content (AvgIpc) is 2.68. The Morgan fingerprint density at radius 3 is 2.20 bits per heavy atom. The van der Waals surface area contributed by atoms with Crippen molar-refractivity contribution >= 4 is 49.0 Å². The fourth-order valence-corrected chi connectivity index (χ4v) is 4.48. The molecule has 0 fully saturated rings. The summed E-state index contributed by atoms with van der Waals surface area (Å²) in [5.74, 6) is -0.140. The van der Waals surface area contributed by atoms with Crippen LogP contribution in [0.5, 0.6) is 0 Å². The summed E-state index contributed by atoms with van der Waals surface area (Å²) in [7, 11) is 0. The molecule has 0 saturated carbocycles. The lowest BCUT2D eigenvalue weighted by Gasteiger charge is -2.07. The Morgan fingerprint density at radius 2 is 1.75 bits per heavy atom. The summed E-state index contributed by atoms with van der Waals surface area (Å²) >= 11 is 7.94. The highest BCUT2D eigenvalue weighted by Gasteiger charge is 2.30. The van der Waals surface area contributed by atoms with E-state index in [2.05, 4.69) is 31.9 Å². The van der Waals surface area contributed by atoms with Crippen molar-refractivity contribution in [2.24, 2.45) is 0 Å².